The van der Waals surface area contributed by atoms with E-state index in [1.807, 2.05) is 5.32 Å². The maximum absolute atomic E-state index is 13.7. The van der Waals surface area contributed by atoms with Crippen molar-refractivity contribution in [2.45, 2.75) is 49.3 Å². The fourth-order valence-electron chi connectivity index (χ4n) is 5.50. The van der Waals surface area contributed by atoms with E-state index in [4.69, 9.17) is 20.3 Å². The number of carboxylic acids is 2. The number of fused-ring (bicyclic) bond motifs is 4. The van der Waals surface area contributed by atoms with Gasteiger partial charge >= 0.3 is 18.0 Å². The number of primary amides is 1. The monoisotopic (exact) mass is 642 g/mol. The molecule has 0 spiro atoms. The summed E-state index contributed by atoms with van der Waals surface area (Å²) < 4.78 is 11.2. The molecule has 43 heavy (non-hydrogen) atoms. The Balaban J connectivity index is 1.34. The van der Waals surface area contributed by atoms with Crippen molar-refractivity contribution >= 4 is 63.5 Å². The second kappa shape index (κ2) is 12.8. The van der Waals surface area contributed by atoms with Crippen LogP contribution in [0.25, 0.3) is 0 Å². The standard InChI is InChI=1S/C24H30N6O11S2/c1-9-15(26-3-4-42-43-7-12(22(37)38)29-21(36)10(27-8-31)5-13(32)33)18(35)14-16(17(9)34)30-6-11-19(28-11)24(30,40-2)20(14)41-23(25)39/h8,10-12,19-20,26,28H,3-7H2,1-2H3,(H2,25,39)(H,27,31)(H,29,36)(H,32,33)(H,37,38)/t10-,11-,12-,19-,20?,24-/m0/s1. The highest BCUT2D eigenvalue weighted by atomic mass is 33.1. The summed E-state index contributed by atoms with van der Waals surface area (Å²) in [6.45, 7) is 2.08. The van der Waals surface area contributed by atoms with Crippen molar-refractivity contribution in [1.29, 1.82) is 0 Å². The highest BCUT2D eigenvalue weighted by molar-refractivity contribution is 8.76. The molecule has 1 aliphatic carbocycles. The lowest BCUT2D eigenvalue weighted by molar-refractivity contribution is -0.151. The van der Waals surface area contributed by atoms with Gasteiger partial charge in [0.1, 0.15) is 12.1 Å². The van der Waals surface area contributed by atoms with Gasteiger partial charge in [-0.15, -0.1) is 0 Å². The summed E-state index contributed by atoms with van der Waals surface area (Å²) in [5, 5.41) is 28.7. The first-order chi connectivity index (χ1) is 20.4. The Morgan fingerprint density at radius 1 is 1.21 bits per heavy atom. The average Bonchev–Trinajstić information content (AvgIpc) is 3.56. The molecule has 0 radical (unpaired) electrons. The number of nitrogens with one attached hydrogen (secondary N) is 4. The first-order valence-electron chi connectivity index (χ1n) is 12.9. The minimum absolute atomic E-state index is 0.00226. The van der Waals surface area contributed by atoms with E-state index in [-0.39, 0.29) is 53.3 Å². The van der Waals surface area contributed by atoms with Gasteiger partial charge in [0.15, 0.2) is 11.8 Å². The van der Waals surface area contributed by atoms with E-state index >= 15 is 0 Å². The van der Waals surface area contributed by atoms with Gasteiger partial charge in [-0.25, -0.2) is 9.59 Å². The summed E-state index contributed by atoms with van der Waals surface area (Å²) in [6, 6.07) is -3.08. The van der Waals surface area contributed by atoms with Crippen LogP contribution in [0.2, 0.25) is 0 Å². The van der Waals surface area contributed by atoms with Crippen LogP contribution in [-0.2, 0) is 38.2 Å². The first-order valence-corrected chi connectivity index (χ1v) is 15.4. The number of nitrogens with zero attached hydrogens (tertiary/aromatic N) is 1. The van der Waals surface area contributed by atoms with Crippen LogP contribution in [0.1, 0.15) is 13.3 Å². The second-order valence-corrected chi connectivity index (χ2v) is 12.5. The van der Waals surface area contributed by atoms with Crippen LogP contribution >= 0.6 is 21.6 Å². The Labute approximate surface area is 252 Å². The number of carbonyl (C=O) groups is 7. The molecule has 8 N–H and O–H groups in total. The molecule has 0 saturated carbocycles. The number of ether oxygens (including phenoxy) is 2. The molecule has 17 nitrogen and oxygen atoms in total. The molecule has 3 aliphatic heterocycles. The van der Waals surface area contributed by atoms with E-state index in [1.165, 1.54) is 24.8 Å². The summed E-state index contributed by atoms with van der Waals surface area (Å²) in [6.07, 6.45) is -2.93. The van der Waals surface area contributed by atoms with Crippen LogP contribution in [0, 0.1) is 0 Å². The Hall–Kier alpha value is -3.81. The van der Waals surface area contributed by atoms with Crippen molar-refractivity contribution < 1.29 is 53.2 Å². The van der Waals surface area contributed by atoms with Gasteiger partial charge in [-0.1, -0.05) is 21.6 Å². The number of carbonyl (C=O) groups excluding carboxylic acids is 5. The second-order valence-electron chi connectivity index (χ2n) is 9.92. The Morgan fingerprint density at radius 3 is 2.53 bits per heavy atom. The number of Topliss-reactive ketones (excluding diaryl/α,β-unsaturated/α-hetero) is 2. The molecule has 0 aromatic rings. The number of rotatable bonds is 16. The number of aliphatic carboxylic acids is 2. The van der Waals surface area contributed by atoms with Gasteiger partial charge in [-0.05, 0) is 6.92 Å². The van der Waals surface area contributed by atoms with E-state index in [2.05, 4.69) is 16.0 Å². The van der Waals surface area contributed by atoms with Crippen molar-refractivity contribution in [1.82, 2.24) is 26.2 Å². The zero-order valence-electron chi connectivity index (χ0n) is 22.9. The molecule has 1 unspecified atom stereocenters. The van der Waals surface area contributed by atoms with E-state index < -0.39 is 65.8 Å². The number of hydrogen-bond donors (Lipinski definition) is 7. The van der Waals surface area contributed by atoms with E-state index in [1.54, 1.807) is 4.90 Å². The van der Waals surface area contributed by atoms with Gasteiger partial charge in [-0.3, -0.25) is 24.0 Å². The lowest BCUT2D eigenvalue weighted by Gasteiger charge is -2.38. The molecule has 4 aliphatic rings. The first kappa shape index (κ1) is 32.1. The molecule has 0 bridgehead atoms. The number of carboxylic acid groups (broad SMARTS) is 2. The third-order valence-electron chi connectivity index (χ3n) is 7.44. The van der Waals surface area contributed by atoms with Crippen LogP contribution < -0.4 is 27.0 Å². The number of allylic oxidation sites excluding steroid dienone is 2. The highest BCUT2D eigenvalue weighted by Gasteiger charge is 2.74. The van der Waals surface area contributed by atoms with Gasteiger partial charge in [0.25, 0.3) is 0 Å². The number of ketones is 2. The van der Waals surface area contributed by atoms with E-state index in [0.29, 0.717) is 12.3 Å². The molecule has 2 saturated heterocycles. The molecular formula is C24H30N6O11S2. The van der Waals surface area contributed by atoms with Gasteiger partial charge in [-0.2, -0.15) is 0 Å². The van der Waals surface area contributed by atoms with Gasteiger partial charge < -0.3 is 51.6 Å². The quantitative estimate of drug-likeness (QED) is 0.0296. The third kappa shape index (κ3) is 6.01. The van der Waals surface area contributed by atoms with E-state index in [0.717, 1.165) is 10.8 Å². The summed E-state index contributed by atoms with van der Waals surface area (Å²) in [5.41, 5.74) is 4.35. The predicted molar refractivity (Wildman–Crippen MR) is 149 cm³/mol. The van der Waals surface area contributed by atoms with Crippen molar-refractivity contribution in [2.75, 3.05) is 31.7 Å². The third-order valence-corrected chi connectivity index (χ3v) is 9.86. The number of amides is 3. The Kier molecular flexibility index (Phi) is 9.57. The van der Waals surface area contributed by atoms with Crippen LogP contribution in [-0.4, -0.2) is 125 Å². The summed E-state index contributed by atoms with van der Waals surface area (Å²) in [7, 11) is 3.72. The van der Waals surface area contributed by atoms with E-state index in [9.17, 15) is 38.7 Å². The van der Waals surface area contributed by atoms with Crippen LogP contribution in [0.4, 0.5) is 4.79 Å². The van der Waals surface area contributed by atoms with Crippen molar-refractivity contribution in [2.24, 2.45) is 5.73 Å². The van der Waals surface area contributed by atoms with Crippen molar-refractivity contribution in [3.8, 4) is 0 Å². The summed E-state index contributed by atoms with van der Waals surface area (Å²) >= 11 is 0. The van der Waals surface area contributed by atoms with Crippen molar-refractivity contribution in [3.05, 3.63) is 22.5 Å². The molecule has 4 rings (SSSR count). The molecule has 234 valence electrons. The minimum atomic E-state index is -1.44. The number of piperazine rings is 1. The van der Waals surface area contributed by atoms with Crippen LogP contribution in [0.3, 0.4) is 0 Å². The number of nitrogens with two attached hydrogens (primary N) is 1. The maximum atomic E-state index is 13.7. The molecule has 2 fully saturated rings. The van der Waals surface area contributed by atoms with Gasteiger partial charge in [0, 0.05) is 43.3 Å². The fraction of sp³-hybridized carbons (Fsp3) is 0.542. The number of hydrogen-bond acceptors (Lipinski definition) is 14. The van der Waals surface area contributed by atoms with Crippen LogP contribution in [0.15, 0.2) is 22.5 Å². The smallest absolute Gasteiger partial charge is 0.405 e. The highest BCUT2D eigenvalue weighted by Crippen LogP contribution is 2.53. The lowest BCUT2D eigenvalue weighted by atomic mass is 9.88. The fourth-order valence-corrected chi connectivity index (χ4v) is 7.57. The number of methoxy groups -OCH3 is 1. The molecule has 6 atom stereocenters. The predicted octanol–water partition coefficient (Wildman–Crippen LogP) is -2.73. The molecule has 0 aromatic heterocycles. The molecular weight excluding hydrogens is 612 g/mol. The summed E-state index contributed by atoms with van der Waals surface area (Å²) in [4.78, 5) is 86.1. The zero-order valence-corrected chi connectivity index (χ0v) is 24.5. The largest absolute Gasteiger partial charge is 0.481 e. The van der Waals surface area contributed by atoms with Gasteiger partial charge in [0.05, 0.1) is 29.4 Å². The normalized spacial score (nSPS) is 26.7. The average molecular weight is 643 g/mol. The summed E-state index contributed by atoms with van der Waals surface area (Å²) in [5.74, 6) is -4.38. The molecule has 0 aromatic carbocycles. The topological polar surface area (TPSA) is 266 Å². The SMILES string of the molecule is CO[C@@]12C(OC(N)=O)C3=C(C(=O)C(C)=C(NCCSSC[C@H](NC(=O)[C@H](CC(=O)O)NC=O)C(=O)O)C3=O)N1C[C@@H]1N[C@@H]12. The Morgan fingerprint density at radius 2 is 1.93 bits per heavy atom. The maximum Gasteiger partial charge on any atom is 0.405 e. The van der Waals surface area contributed by atoms with Gasteiger partial charge in [0.2, 0.25) is 23.9 Å². The lowest BCUT2D eigenvalue weighted by Crippen LogP contribution is -2.58. The zero-order chi connectivity index (χ0) is 31.6. The minimum Gasteiger partial charge on any atom is -0.481 e. The van der Waals surface area contributed by atoms with Crippen molar-refractivity contribution in [3.63, 3.8) is 0 Å². The molecule has 3 heterocycles. The molecule has 3 amide bonds. The molecule has 19 heteroatoms. The van der Waals surface area contributed by atoms with Crippen LogP contribution in [0.5, 0.6) is 0 Å². The Bertz CT molecular complexity index is 1320.